The number of hydrogen-bond acceptors (Lipinski definition) is 4. The van der Waals surface area contributed by atoms with Crippen molar-refractivity contribution in [2.45, 2.75) is 18.6 Å². The van der Waals surface area contributed by atoms with Crippen LogP contribution in [0.2, 0.25) is 5.28 Å². The Labute approximate surface area is 98.1 Å². The third-order valence-corrected chi connectivity index (χ3v) is 2.71. The fraction of sp³-hybridized carbons (Fsp3) is 0.444. The highest BCUT2D eigenvalue weighted by molar-refractivity contribution is 7.81. The Bertz CT molecular complexity index is 392. The molecule has 0 aromatic carbocycles. The van der Waals surface area contributed by atoms with Gasteiger partial charge >= 0.3 is 0 Å². The Morgan fingerprint density at radius 3 is 2.87 bits per heavy atom. The number of anilines is 1. The van der Waals surface area contributed by atoms with Crippen LogP contribution in [-0.4, -0.2) is 27.7 Å². The second-order valence-electron chi connectivity index (χ2n) is 3.50. The summed E-state index contributed by atoms with van der Waals surface area (Å²) in [5.74, 6) is 0.596. The van der Waals surface area contributed by atoms with Crippen LogP contribution >= 0.6 is 24.2 Å². The first-order valence-corrected chi connectivity index (χ1v) is 5.45. The molecule has 2 heterocycles. The zero-order valence-electron chi connectivity index (χ0n) is 8.14. The van der Waals surface area contributed by atoms with Crippen molar-refractivity contribution in [2.75, 3.05) is 11.4 Å². The average molecular weight is 244 g/mol. The highest BCUT2D eigenvalue weighted by atomic mass is 35.5. The summed E-state index contributed by atoms with van der Waals surface area (Å²) in [7, 11) is 0. The molecule has 1 unspecified atom stereocenters. The van der Waals surface area contributed by atoms with Gasteiger partial charge < -0.3 is 0 Å². The van der Waals surface area contributed by atoms with Crippen molar-refractivity contribution < 1.29 is 4.79 Å². The van der Waals surface area contributed by atoms with Gasteiger partial charge in [-0.15, -0.1) is 0 Å². The van der Waals surface area contributed by atoms with Crippen LogP contribution in [0.4, 0.5) is 5.82 Å². The van der Waals surface area contributed by atoms with Crippen molar-refractivity contribution in [1.29, 1.82) is 0 Å². The third-order valence-electron chi connectivity index (χ3n) is 2.19. The quantitative estimate of drug-likeness (QED) is 0.600. The minimum Gasteiger partial charge on any atom is -0.296 e. The summed E-state index contributed by atoms with van der Waals surface area (Å²) in [6, 6.07) is 1.75. The Morgan fingerprint density at radius 2 is 2.33 bits per heavy atom. The largest absolute Gasteiger partial charge is 0.296 e. The number of aryl methyl sites for hydroxylation is 1. The maximum absolute atomic E-state index is 11.6. The number of aromatic nitrogens is 2. The van der Waals surface area contributed by atoms with E-state index in [0.29, 0.717) is 18.8 Å². The molecule has 1 aromatic rings. The molecule has 6 heteroatoms. The van der Waals surface area contributed by atoms with E-state index in [1.807, 2.05) is 6.92 Å². The molecular formula is C9H10ClN3OS. The van der Waals surface area contributed by atoms with Crippen LogP contribution in [0, 0.1) is 6.92 Å². The molecule has 1 aliphatic heterocycles. The monoisotopic (exact) mass is 243 g/mol. The lowest BCUT2D eigenvalue weighted by atomic mass is 10.4. The number of thiol groups is 1. The van der Waals surface area contributed by atoms with Crippen LogP contribution < -0.4 is 4.90 Å². The summed E-state index contributed by atoms with van der Waals surface area (Å²) < 4.78 is 0. The number of amides is 1. The average Bonchev–Trinajstić information content (AvgIpc) is 2.43. The maximum Gasteiger partial charge on any atom is 0.229 e. The molecule has 1 amide bonds. The Morgan fingerprint density at radius 1 is 1.60 bits per heavy atom. The number of halogens is 1. The second-order valence-corrected chi connectivity index (χ2v) is 4.57. The van der Waals surface area contributed by atoms with Gasteiger partial charge in [-0.25, -0.2) is 9.97 Å². The summed E-state index contributed by atoms with van der Waals surface area (Å²) in [4.78, 5) is 21.2. The van der Waals surface area contributed by atoms with E-state index < -0.39 is 0 Å². The minimum absolute atomic E-state index is 0.0316. The Hall–Kier alpha value is -0.810. The van der Waals surface area contributed by atoms with Crippen LogP contribution in [0.5, 0.6) is 0 Å². The molecule has 15 heavy (non-hydrogen) atoms. The minimum atomic E-state index is 0.0316. The Kier molecular flexibility index (Phi) is 2.84. The standard InChI is InChI=1S/C9H10ClN3OS/c1-5-2-7(12-9(10)11-5)13-4-6(15)3-8(13)14/h2,6,15H,3-4H2,1H3. The Balaban J connectivity index is 2.33. The van der Waals surface area contributed by atoms with E-state index in [-0.39, 0.29) is 16.4 Å². The summed E-state index contributed by atoms with van der Waals surface area (Å²) in [5.41, 5.74) is 0.750. The van der Waals surface area contributed by atoms with E-state index in [2.05, 4.69) is 22.6 Å². The number of carbonyl (C=O) groups excluding carboxylic acids is 1. The zero-order chi connectivity index (χ0) is 11.0. The predicted molar refractivity (Wildman–Crippen MR) is 61.5 cm³/mol. The van der Waals surface area contributed by atoms with Crippen molar-refractivity contribution in [3.8, 4) is 0 Å². The highest BCUT2D eigenvalue weighted by Gasteiger charge is 2.29. The molecule has 2 rings (SSSR count). The van der Waals surface area contributed by atoms with Gasteiger partial charge in [0.2, 0.25) is 11.2 Å². The van der Waals surface area contributed by atoms with Gasteiger partial charge in [-0.2, -0.15) is 12.6 Å². The first-order chi connectivity index (χ1) is 7.06. The second kappa shape index (κ2) is 3.98. The molecule has 0 saturated carbocycles. The van der Waals surface area contributed by atoms with Crippen LogP contribution in [-0.2, 0) is 4.79 Å². The molecule has 1 aliphatic rings. The van der Waals surface area contributed by atoms with Gasteiger partial charge in [-0.3, -0.25) is 9.69 Å². The van der Waals surface area contributed by atoms with E-state index in [9.17, 15) is 4.79 Å². The first kappa shape index (κ1) is 10.7. The smallest absolute Gasteiger partial charge is 0.229 e. The number of hydrogen-bond donors (Lipinski definition) is 1. The van der Waals surface area contributed by atoms with Crippen LogP contribution in [0.25, 0.3) is 0 Å². The van der Waals surface area contributed by atoms with E-state index in [0.717, 1.165) is 5.69 Å². The molecule has 0 bridgehead atoms. The normalized spacial score (nSPS) is 21.1. The van der Waals surface area contributed by atoms with E-state index in [1.165, 1.54) is 0 Å². The zero-order valence-corrected chi connectivity index (χ0v) is 9.79. The molecule has 0 spiro atoms. The van der Waals surface area contributed by atoms with E-state index in [4.69, 9.17) is 11.6 Å². The van der Waals surface area contributed by atoms with Gasteiger partial charge in [0.15, 0.2) is 0 Å². The summed E-state index contributed by atoms with van der Waals surface area (Å²) in [5, 5.41) is 0.243. The highest BCUT2D eigenvalue weighted by Crippen LogP contribution is 2.23. The van der Waals surface area contributed by atoms with Crippen molar-refractivity contribution >= 4 is 36.0 Å². The van der Waals surface area contributed by atoms with Gasteiger partial charge in [-0.05, 0) is 18.5 Å². The molecule has 0 radical (unpaired) electrons. The van der Waals surface area contributed by atoms with Gasteiger partial charge in [0.05, 0.1) is 0 Å². The van der Waals surface area contributed by atoms with E-state index in [1.54, 1.807) is 11.0 Å². The van der Waals surface area contributed by atoms with Crippen LogP contribution in [0.3, 0.4) is 0 Å². The fourth-order valence-corrected chi connectivity index (χ4v) is 2.10. The number of carbonyl (C=O) groups is 1. The lowest BCUT2D eigenvalue weighted by Crippen LogP contribution is -2.25. The number of rotatable bonds is 1. The molecule has 0 N–H and O–H groups in total. The first-order valence-electron chi connectivity index (χ1n) is 4.56. The molecular weight excluding hydrogens is 234 g/mol. The molecule has 1 fully saturated rings. The number of nitrogens with zero attached hydrogens (tertiary/aromatic N) is 3. The van der Waals surface area contributed by atoms with Crippen molar-refractivity contribution in [3.05, 3.63) is 17.0 Å². The summed E-state index contributed by atoms with van der Waals surface area (Å²) >= 11 is 10.0. The lowest BCUT2D eigenvalue weighted by molar-refractivity contribution is -0.117. The molecule has 4 nitrogen and oxygen atoms in total. The summed E-state index contributed by atoms with van der Waals surface area (Å²) in [6.45, 7) is 2.39. The molecule has 0 aliphatic carbocycles. The lowest BCUT2D eigenvalue weighted by Gasteiger charge is -2.14. The van der Waals surface area contributed by atoms with Crippen molar-refractivity contribution in [3.63, 3.8) is 0 Å². The van der Waals surface area contributed by atoms with Gasteiger partial charge in [0.25, 0.3) is 0 Å². The molecule has 1 aromatic heterocycles. The third kappa shape index (κ3) is 2.23. The fourth-order valence-electron chi connectivity index (χ4n) is 1.56. The van der Waals surface area contributed by atoms with Crippen LogP contribution in [0.1, 0.15) is 12.1 Å². The molecule has 1 saturated heterocycles. The summed E-state index contributed by atoms with van der Waals surface area (Å²) in [6.07, 6.45) is 0.448. The van der Waals surface area contributed by atoms with Crippen molar-refractivity contribution in [2.24, 2.45) is 0 Å². The van der Waals surface area contributed by atoms with Crippen LogP contribution in [0.15, 0.2) is 6.07 Å². The van der Waals surface area contributed by atoms with Gasteiger partial charge in [0, 0.05) is 30.0 Å². The molecule has 1 atom stereocenters. The van der Waals surface area contributed by atoms with Gasteiger partial charge in [0.1, 0.15) is 5.82 Å². The maximum atomic E-state index is 11.6. The van der Waals surface area contributed by atoms with Crippen molar-refractivity contribution in [1.82, 2.24) is 9.97 Å². The SMILES string of the molecule is Cc1cc(N2CC(S)CC2=O)nc(Cl)n1. The topological polar surface area (TPSA) is 46.1 Å². The van der Waals surface area contributed by atoms with Gasteiger partial charge in [-0.1, -0.05) is 0 Å². The van der Waals surface area contributed by atoms with E-state index >= 15 is 0 Å². The molecule has 80 valence electrons. The predicted octanol–water partition coefficient (Wildman–Crippen LogP) is 1.47.